The molecule has 2 N–H and O–H groups in total. The topological polar surface area (TPSA) is 63.4 Å². The smallest absolute Gasteiger partial charge is 0.181 e. The molecule has 0 radical (unpaired) electrons. The van der Waals surface area contributed by atoms with Crippen LogP contribution in [0.3, 0.4) is 0 Å². The lowest BCUT2D eigenvalue weighted by Gasteiger charge is -2.18. The van der Waals surface area contributed by atoms with Gasteiger partial charge in [0, 0.05) is 6.54 Å². The fraction of sp³-hybridized carbons (Fsp3) is 0.538. The second kappa shape index (κ2) is 6.20. The average molecular weight is 270 g/mol. The van der Waals surface area contributed by atoms with E-state index < -0.39 is 9.84 Å². The van der Waals surface area contributed by atoms with Gasteiger partial charge in [-0.2, -0.15) is 0 Å². The van der Waals surface area contributed by atoms with Crippen molar-refractivity contribution in [1.29, 1.82) is 0 Å². The molecule has 18 heavy (non-hydrogen) atoms. The number of nitrogen functional groups attached to an aromatic ring is 1. The Bertz CT molecular complexity index is 494. The predicted molar refractivity (Wildman–Crippen MR) is 75.4 cm³/mol. The number of nitrogens with zero attached hydrogens (tertiary/aromatic N) is 1. The summed E-state index contributed by atoms with van der Waals surface area (Å²) in [6, 6.07) is 5.13. The first-order valence-corrected chi connectivity index (χ1v) is 7.87. The van der Waals surface area contributed by atoms with Gasteiger partial charge in [0.25, 0.3) is 0 Å². The molecule has 1 aromatic rings. The Morgan fingerprint density at radius 2 is 1.83 bits per heavy atom. The number of hydrogen-bond donors (Lipinski definition) is 1. The van der Waals surface area contributed by atoms with Gasteiger partial charge in [0.15, 0.2) is 9.84 Å². The van der Waals surface area contributed by atoms with Gasteiger partial charge in [-0.05, 0) is 31.6 Å². The van der Waals surface area contributed by atoms with Crippen LogP contribution in [0, 0.1) is 6.92 Å². The van der Waals surface area contributed by atoms with E-state index in [2.05, 4.69) is 4.90 Å². The van der Waals surface area contributed by atoms with Crippen LogP contribution in [0.25, 0.3) is 0 Å². The first kappa shape index (κ1) is 15.0. The Hall–Kier alpha value is -1.07. The standard InChI is InChI=1S/C13H22N2O2S/c1-4-15(5-2)9-10-18(16,17)12-8-6-7-11(3)13(12)14/h6-8H,4-5,9-10,14H2,1-3H3. The van der Waals surface area contributed by atoms with Gasteiger partial charge in [-0.3, -0.25) is 0 Å². The van der Waals surface area contributed by atoms with Gasteiger partial charge >= 0.3 is 0 Å². The van der Waals surface area contributed by atoms with E-state index >= 15 is 0 Å². The molecule has 0 fully saturated rings. The number of sulfone groups is 1. The van der Waals surface area contributed by atoms with Crippen molar-refractivity contribution in [3.63, 3.8) is 0 Å². The highest BCUT2D eigenvalue weighted by atomic mass is 32.2. The van der Waals surface area contributed by atoms with Crippen LogP contribution < -0.4 is 5.73 Å². The molecule has 5 heteroatoms. The summed E-state index contributed by atoms with van der Waals surface area (Å²) in [4.78, 5) is 2.35. The molecule has 0 unspecified atom stereocenters. The van der Waals surface area contributed by atoms with E-state index in [9.17, 15) is 8.42 Å². The Balaban J connectivity index is 2.90. The van der Waals surface area contributed by atoms with E-state index in [4.69, 9.17) is 5.73 Å². The van der Waals surface area contributed by atoms with Crippen LogP contribution in [-0.2, 0) is 9.84 Å². The first-order chi connectivity index (χ1) is 8.42. The number of nitrogens with two attached hydrogens (primary N) is 1. The molecule has 0 heterocycles. The third kappa shape index (κ3) is 3.46. The van der Waals surface area contributed by atoms with E-state index in [1.165, 1.54) is 0 Å². The summed E-state index contributed by atoms with van der Waals surface area (Å²) in [5.41, 5.74) is 7.02. The molecule has 4 nitrogen and oxygen atoms in total. The molecule has 0 saturated carbocycles. The van der Waals surface area contributed by atoms with Gasteiger partial charge in [0.05, 0.1) is 16.3 Å². The maximum absolute atomic E-state index is 12.2. The molecular formula is C13H22N2O2S. The zero-order valence-corrected chi connectivity index (χ0v) is 12.1. The van der Waals surface area contributed by atoms with Crippen molar-refractivity contribution in [1.82, 2.24) is 4.90 Å². The molecular weight excluding hydrogens is 248 g/mol. The second-order valence-corrected chi connectivity index (χ2v) is 6.41. The first-order valence-electron chi connectivity index (χ1n) is 6.22. The van der Waals surface area contributed by atoms with Crippen molar-refractivity contribution >= 4 is 15.5 Å². The van der Waals surface area contributed by atoms with Crippen molar-refractivity contribution in [3.05, 3.63) is 23.8 Å². The van der Waals surface area contributed by atoms with Crippen molar-refractivity contribution in [3.8, 4) is 0 Å². The van der Waals surface area contributed by atoms with Crippen molar-refractivity contribution < 1.29 is 8.42 Å². The third-order valence-corrected chi connectivity index (χ3v) is 4.94. The number of hydrogen-bond acceptors (Lipinski definition) is 4. The molecule has 0 aliphatic heterocycles. The van der Waals surface area contributed by atoms with Crippen molar-refractivity contribution in [2.45, 2.75) is 25.7 Å². The summed E-state index contributed by atoms with van der Waals surface area (Å²) in [6.07, 6.45) is 0. The van der Waals surface area contributed by atoms with Crippen molar-refractivity contribution in [2.75, 3.05) is 31.1 Å². The summed E-state index contributed by atoms with van der Waals surface area (Å²) in [5.74, 6) is 0.113. The Morgan fingerprint density at radius 3 is 2.39 bits per heavy atom. The lowest BCUT2D eigenvalue weighted by molar-refractivity contribution is 0.321. The average Bonchev–Trinajstić information content (AvgIpc) is 2.33. The quantitative estimate of drug-likeness (QED) is 0.799. The van der Waals surface area contributed by atoms with Crippen LogP contribution in [-0.4, -0.2) is 38.7 Å². The van der Waals surface area contributed by atoms with Crippen LogP contribution >= 0.6 is 0 Å². The van der Waals surface area contributed by atoms with Crippen LogP contribution in [0.15, 0.2) is 23.1 Å². The highest BCUT2D eigenvalue weighted by Gasteiger charge is 2.19. The molecule has 0 aliphatic carbocycles. The van der Waals surface area contributed by atoms with Gasteiger partial charge in [0.1, 0.15) is 0 Å². The number of benzene rings is 1. The van der Waals surface area contributed by atoms with Gasteiger partial charge < -0.3 is 10.6 Å². The highest BCUT2D eigenvalue weighted by Crippen LogP contribution is 2.22. The minimum Gasteiger partial charge on any atom is -0.397 e. The highest BCUT2D eigenvalue weighted by molar-refractivity contribution is 7.91. The molecule has 102 valence electrons. The summed E-state index contributed by atoms with van der Waals surface area (Å²) in [5, 5.41) is 0. The molecule has 1 aromatic carbocycles. The summed E-state index contributed by atoms with van der Waals surface area (Å²) in [6.45, 7) is 8.13. The van der Waals surface area contributed by atoms with E-state index in [-0.39, 0.29) is 10.6 Å². The van der Waals surface area contributed by atoms with E-state index in [0.29, 0.717) is 12.2 Å². The second-order valence-electron chi connectivity index (χ2n) is 4.33. The molecule has 0 spiro atoms. The Labute approximate surface area is 110 Å². The van der Waals surface area contributed by atoms with Gasteiger partial charge in [-0.15, -0.1) is 0 Å². The van der Waals surface area contributed by atoms with E-state index in [0.717, 1.165) is 18.7 Å². The summed E-state index contributed by atoms with van der Waals surface area (Å²) < 4.78 is 24.5. The molecule has 0 bridgehead atoms. The summed E-state index contributed by atoms with van der Waals surface area (Å²) >= 11 is 0. The van der Waals surface area contributed by atoms with Gasteiger partial charge in [-0.25, -0.2) is 8.42 Å². The zero-order chi connectivity index (χ0) is 13.8. The maximum Gasteiger partial charge on any atom is 0.181 e. The fourth-order valence-electron chi connectivity index (χ4n) is 1.82. The molecule has 0 amide bonds. The fourth-order valence-corrected chi connectivity index (χ4v) is 3.32. The lowest BCUT2D eigenvalue weighted by Crippen LogP contribution is -2.29. The number of rotatable bonds is 6. The zero-order valence-electron chi connectivity index (χ0n) is 11.3. The minimum atomic E-state index is -3.30. The lowest BCUT2D eigenvalue weighted by atomic mass is 10.2. The molecule has 0 saturated heterocycles. The molecule has 1 rings (SSSR count). The minimum absolute atomic E-state index is 0.113. The Morgan fingerprint density at radius 1 is 1.22 bits per heavy atom. The largest absolute Gasteiger partial charge is 0.397 e. The molecule has 0 aromatic heterocycles. The van der Waals surface area contributed by atoms with Crippen LogP contribution in [0.2, 0.25) is 0 Å². The maximum atomic E-state index is 12.2. The van der Waals surface area contributed by atoms with E-state index in [1.54, 1.807) is 12.1 Å². The number of anilines is 1. The number of aryl methyl sites for hydroxylation is 1. The Kier molecular flexibility index (Phi) is 5.16. The van der Waals surface area contributed by atoms with Crippen LogP contribution in [0.4, 0.5) is 5.69 Å². The summed E-state index contributed by atoms with van der Waals surface area (Å²) in [7, 11) is -3.30. The van der Waals surface area contributed by atoms with Gasteiger partial charge in [-0.1, -0.05) is 26.0 Å². The van der Waals surface area contributed by atoms with Crippen molar-refractivity contribution in [2.24, 2.45) is 0 Å². The predicted octanol–water partition coefficient (Wildman–Crippen LogP) is 1.69. The number of para-hydroxylation sites is 1. The normalized spacial score (nSPS) is 12.0. The van der Waals surface area contributed by atoms with Gasteiger partial charge in [0.2, 0.25) is 0 Å². The third-order valence-electron chi connectivity index (χ3n) is 3.19. The van der Waals surface area contributed by atoms with Crippen LogP contribution in [0.1, 0.15) is 19.4 Å². The molecule has 0 aliphatic rings. The van der Waals surface area contributed by atoms with Crippen LogP contribution in [0.5, 0.6) is 0 Å². The molecule has 0 atom stereocenters. The SMILES string of the molecule is CCN(CC)CCS(=O)(=O)c1cccc(C)c1N. The monoisotopic (exact) mass is 270 g/mol. The van der Waals surface area contributed by atoms with E-state index in [1.807, 2.05) is 26.8 Å².